The van der Waals surface area contributed by atoms with Crippen molar-refractivity contribution in [3.63, 3.8) is 0 Å². The molecule has 0 aliphatic carbocycles. The van der Waals surface area contributed by atoms with Crippen LogP contribution in [0.4, 0.5) is 39.9 Å². The van der Waals surface area contributed by atoms with Crippen LogP contribution in [0.15, 0.2) is 231 Å². The summed E-state index contributed by atoms with van der Waals surface area (Å²) in [7, 11) is -3.00. The van der Waals surface area contributed by atoms with E-state index in [1.807, 2.05) is 55.3 Å². The number of anilines is 7. The second kappa shape index (κ2) is 21.5. The Labute approximate surface area is 531 Å². The van der Waals surface area contributed by atoms with Crippen molar-refractivity contribution in [3.8, 4) is 56.0 Å². The van der Waals surface area contributed by atoms with Crippen LogP contribution in [-0.4, -0.2) is 13.1 Å². The summed E-state index contributed by atoms with van der Waals surface area (Å²) >= 11 is 0. The summed E-state index contributed by atoms with van der Waals surface area (Å²) in [4.78, 5) is 11.8. The number of rotatable bonds is 9. The molecule has 1 unspecified atom stereocenters. The van der Waals surface area contributed by atoms with Crippen molar-refractivity contribution in [2.75, 3.05) is 14.7 Å². The van der Waals surface area contributed by atoms with E-state index in [1.54, 1.807) is 0 Å². The van der Waals surface area contributed by atoms with Crippen molar-refractivity contribution in [2.24, 2.45) is 0 Å². The number of pyridine rings is 1. The molecule has 0 fully saturated rings. The number of fused-ring (bicyclic) bond motifs is 6. The molecule has 0 N–H and O–H groups in total. The van der Waals surface area contributed by atoms with Gasteiger partial charge in [-0.15, -0.1) is 47.9 Å². The first kappa shape index (κ1) is 50.7. The van der Waals surface area contributed by atoms with Crippen LogP contribution in [0.1, 0.15) is 91.4 Å². The van der Waals surface area contributed by atoms with E-state index in [9.17, 15) is 2.74 Å². The summed E-state index contributed by atoms with van der Waals surface area (Å²) in [6.07, 6.45) is 2.02. The summed E-state index contributed by atoms with van der Waals surface area (Å²) in [5.41, 5.74) is 16.4. The quantitative estimate of drug-likeness (QED) is 0.106. The number of aromatic nitrogens is 1. The maximum absolute atomic E-state index is 9.35. The van der Waals surface area contributed by atoms with E-state index in [2.05, 4.69) is 248 Å². The molecule has 0 radical (unpaired) electrons. The van der Waals surface area contributed by atoms with Crippen molar-refractivity contribution >= 4 is 68.8 Å². The normalized spacial score (nSPS) is 15.7. The smallest absolute Gasteiger partial charge is 0.135 e. The first-order valence-corrected chi connectivity index (χ1v) is 31.3. The molecule has 1 atom stereocenters. The van der Waals surface area contributed by atoms with Crippen molar-refractivity contribution in [3.05, 3.63) is 272 Å². The monoisotopic (exact) mass is 1320 g/mol. The third-order valence-corrected chi connectivity index (χ3v) is 22.2. The zero-order valence-corrected chi connectivity index (χ0v) is 53.4. The van der Waals surface area contributed by atoms with Crippen LogP contribution in [0, 0.1) is 25.7 Å². The predicted molar refractivity (Wildman–Crippen MR) is 358 cm³/mol. The fraction of sp³-hybridized carbons (Fsp3) is 0.165. The molecule has 0 spiro atoms. The topological polar surface area (TPSA) is 31.8 Å². The number of ether oxygens (including phenoxy) is 1. The molecule has 5 nitrogen and oxygen atoms in total. The van der Waals surface area contributed by atoms with Gasteiger partial charge in [-0.3, -0.25) is 0 Å². The number of hydrogen-bond donors (Lipinski definition) is 0. The zero-order valence-electron chi connectivity index (χ0n) is 55.1. The summed E-state index contributed by atoms with van der Waals surface area (Å²) in [5, 5.41) is 5.16. The average Bonchev–Trinajstić information content (AvgIpc) is 1.56. The zero-order chi connectivity index (χ0) is 62.9. The Bertz CT molecular complexity index is 4670. The maximum atomic E-state index is 9.35. The molecular formula is C79H69N4OPtSi-3. The third-order valence-electron chi connectivity index (χ3n) is 17.3. The Hall–Kier alpha value is -8.54. The van der Waals surface area contributed by atoms with Gasteiger partial charge < -0.3 is 19.4 Å². The van der Waals surface area contributed by atoms with Gasteiger partial charge in [0, 0.05) is 78.2 Å². The van der Waals surface area contributed by atoms with Gasteiger partial charge in [0.2, 0.25) is 0 Å². The predicted octanol–water partition coefficient (Wildman–Crippen LogP) is 18.2. The average molecular weight is 1320 g/mol. The largest absolute Gasteiger partial charge is 0.509 e. The fourth-order valence-corrected chi connectivity index (χ4v) is 18.4. The molecule has 428 valence electrons. The molecule has 4 heterocycles. The summed E-state index contributed by atoms with van der Waals surface area (Å²) in [5.74, 6) is 1.77. The SMILES string of the molecule is [2H]c1c([2H])c([2H])c(-c2cccc(-c3cc(C(C)(C)C)cc(C(C)(C)C)c3)c2N2[CH-]N(c3[c-]c(Oc4[c-]c5c(cc4)[Si]4(c6ccccc6)c6ccccc6-c6cccc(c64)N5c4cc(C)c(-c5ccc(C(C)(C)C)cc5)cn4)ccc3)c3ccccc32)c([2H])c1[2H].[Pt]. The molecule has 7 heteroatoms. The van der Waals surface area contributed by atoms with Gasteiger partial charge in [0.05, 0.1) is 6.85 Å². The van der Waals surface area contributed by atoms with Crippen LogP contribution >= 0.6 is 0 Å². The Kier molecular flexibility index (Phi) is 12.7. The Morgan fingerprint density at radius 3 is 1.78 bits per heavy atom. The number of benzene rings is 10. The van der Waals surface area contributed by atoms with Gasteiger partial charge in [-0.2, -0.15) is 12.1 Å². The van der Waals surface area contributed by atoms with E-state index < -0.39 is 26.2 Å². The summed E-state index contributed by atoms with van der Waals surface area (Å²) < 4.78 is 52.0. The fourth-order valence-electron chi connectivity index (χ4n) is 12.9. The molecule has 11 aromatic rings. The third kappa shape index (κ3) is 9.53. The van der Waals surface area contributed by atoms with Crippen LogP contribution in [0.2, 0.25) is 0 Å². The van der Waals surface area contributed by atoms with Crippen molar-refractivity contribution < 1.29 is 32.7 Å². The van der Waals surface area contributed by atoms with E-state index in [4.69, 9.17) is 13.8 Å². The van der Waals surface area contributed by atoms with Crippen LogP contribution in [0.3, 0.4) is 0 Å². The standard InChI is InChI=1S/C79H69N4OSi.Pt/c1-52-44-74(80-50-67(52)54-38-40-56(41-39-54)77(2,3)4)83-70-36-23-33-66-65-30-17-20-37-72(65)85(76(66)70,62-28-15-12-16-29-62)73-43-42-61(49-71(73)83)84-60-27-21-26-59(48-60)81-51-82(69-35-19-18-34-68(69)81)75-63(53-24-13-11-14-25-53)31-22-32-64(75)55-45-57(78(5,6)7)47-58(46-55)79(8,9)10;/h11-47,50-51H,1-10H3;/q-3;/i11D,13D,14D,24D,25D;. The van der Waals surface area contributed by atoms with Gasteiger partial charge in [-0.05, 0) is 108 Å². The van der Waals surface area contributed by atoms with Crippen LogP contribution in [-0.2, 0) is 37.3 Å². The first-order chi connectivity index (χ1) is 43.0. The number of hydrogen-bond acceptors (Lipinski definition) is 5. The maximum Gasteiger partial charge on any atom is 0.135 e. The summed E-state index contributed by atoms with van der Waals surface area (Å²) in [6, 6.07) is 74.5. The second-order valence-electron chi connectivity index (χ2n) is 25.8. The summed E-state index contributed by atoms with van der Waals surface area (Å²) in [6.45, 7) is 24.2. The van der Waals surface area contributed by atoms with Gasteiger partial charge in [0.1, 0.15) is 13.9 Å². The van der Waals surface area contributed by atoms with Gasteiger partial charge in [0.15, 0.2) is 0 Å². The van der Waals surface area contributed by atoms with Crippen molar-refractivity contribution in [1.82, 2.24) is 4.98 Å². The molecule has 0 amide bonds. The molecule has 3 aliphatic rings. The van der Waals surface area contributed by atoms with Crippen molar-refractivity contribution in [2.45, 2.75) is 85.5 Å². The van der Waals surface area contributed by atoms with Crippen molar-refractivity contribution in [1.29, 1.82) is 0 Å². The minimum atomic E-state index is -3.00. The molecule has 0 saturated heterocycles. The Morgan fingerprint density at radius 2 is 1.08 bits per heavy atom. The first-order valence-electron chi connectivity index (χ1n) is 31.8. The van der Waals surface area contributed by atoms with Gasteiger partial charge in [-0.25, -0.2) is 4.98 Å². The van der Waals surface area contributed by atoms with Crippen LogP contribution in [0.25, 0.3) is 44.5 Å². The Balaban J connectivity index is 0.00000758. The van der Waals surface area contributed by atoms with Crippen LogP contribution in [0.5, 0.6) is 11.5 Å². The van der Waals surface area contributed by atoms with Gasteiger partial charge in [-0.1, -0.05) is 243 Å². The van der Waals surface area contributed by atoms with Gasteiger partial charge >= 0.3 is 0 Å². The molecule has 86 heavy (non-hydrogen) atoms. The molecule has 0 bridgehead atoms. The van der Waals surface area contributed by atoms with E-state index in [1.165, 1.54) is 37.4 Å². The minimum absolute atomic E-state index is 0. The van der Waals surface area contributed by atoms with E-state index in [-0.39, 0.29) is 55.0 Å². The van der Waals surface area contributed by atoms with Gasteiger partial charge in [0.25, 0.3) is 0 Å². The number of aryl methyl sites for hydroxylation is 1. The Morgan fingerprint density at radius 1 is 0.488 bits per heavy atom. The van der Waals surface area contributed by atoms with E-state index in [0.717, 1.165) is 67.5 Å². The van der Waals surface area contributed by atoms with Crippen LogP contribution < -0.4 is 40.2 Å². The molecule has 14 rings (SSSR count). The van der Waals surface area contributed by atoms with E-state index >= 15 is 0 Å². The molecule has 1 aromatic heterocycles. The van der Waals surface area contributed by atoms with E-state index in [0.29, 0.717) is 28.4 Å². The minimum Gasteiger partial charge on any atom is -0.509 e. The number of nitrogens with zero attached hydrogens (tertiary/aromatic N) is 4. The molecular weight excluding hydrogens is 1240 g/mol. The molecule has 0 saturated carbocycles. The molecule has 3 aliphatic heterocycles. The number of para-hydroxylation sites is 3. The second-order valence-corrected chi connectivity index (χ2v) is 29.5. The molecule has 10 aromatic carbocycles.